The van der Waals surface area contributed by atoms with Crippen molar-refractivity contribution in [2.75, 3.05) is 0 Å². The Labute approximate surface area is 58.9 Å². The van der Waals surface area contributed by atoms with E-state index in [1.807, 2.05) is 20.8 Å². The van der Waals surface area contributed by atoms with Gasteiger partial charge in [0.1, 0.15) is 0 Å². The first-order valence-electron chi connectivity index (χ1n) is 3.45. The number of rotatable bonds is 2. The molecule has 4 N–H and O–H groups in total. The van der Waals surface area contributed by atoms with Crippen LogP contribution in [-0.4, -0.2) is 11.2 Å². The maximum atomic E-state index is 8.55. The highest BCUT2D eigenvalue weighted by molar-refractivity contribution is 4.40. The van der Waals surface area contributed by atoms with Crippen LogP contribution >= 0.6 is 0 Å². The van der Waals surface area contributed by atoms with Gasteiger partial charge in [-0.2, -0.15) is 0 Å². The highest BCUT2D eigenvalue weighted by Gasteiger charge is 1.87. The third-order valence-corrected chi connectivity index (χ3v) is 0.706. The summed E-state index contributed by atoms with van der Waals surface area (Å²) in [6.07, 6.45) is 1.91. The molecule has 60 valence electrons. The van der Waals surface area contributed by atoms with E-state index in [0.29, 0.717) is 0 Å². The third kappa shape index (κ3) is 32.6. The molecule has 1 atom stereocenters. The molecule has 0 aromatic rings. The Morgan fingerprint density at radius 2 is 1.67 bits per heavy atom. The van der Waals surface area contributed by atoms with Crippen molar-refractivity contribution in [2.45, 2.75) is 46.6 Å². The van der Waals surface area contributed by atoms with Crippen molar-refractivity contribution in [1.82, 2.24) is 6.15 Å². The number of aliphatic hydroxyl groups is 1. The molecule has 0 radical (unpaired) electrons. The smallest absolute Gasteiger partial charge is 0.0512 e. The minimum Gasteiger partial charge on any atom is -0.393 e. The van der Waals surface area contributed by atoms with E-state index in [9.17, 15) is 0 Å². The predicted octanol–water partition coefficient (Wildman–Crippen LogP) is 2.36. The molecule has 0 saturated heterocycles. The summed E-state index contributed by atoms with van der Waals surface area (Å²) in [7, 11) is 0. The number of aliphatic hydroxyl groups excluding tert-OH is 1. The van der Waals surface area contributed by atoms with Crippen LogP contribution in [0.2, 0.25) is 0 Å². The molecule has 0 aliphatic heterocycles. The van der Waals surface area contributed by atoms with Crippen LogP contribution in [0.3, 0.4) is 0 Å². The lowest BCUT2D eigenvalue weighted by Crippen LogP contribution is -1.95. The third-order valence-electron chi connectivity index (χ3n) is 0.706. The lowest BCUT2D eigenvalue weighted by molar-refractivity contribution is 0.183. The molecule has 0 amide bonds. The molecular formula is C7H21NO. The van der Waals surface area contributed by atoms with Gasteiger partial charge in [-0.25, -0.2) is 0 Å². The van der Waals surface area contributed by atoms with Crippen LogP contribution in [0.25, 0.3) is 0 Å². The summed E-state index contributed by atoms with van der Waals surface area (Å²) >= 11 is 0. The van der Waals surface area contributed by atoms with Crippen molar-refractivity contribution in [3.8, 4) is 0 Å². The van der Waals surface area contributed by atoms with Gasteiger partial charge in [-0.1, -0.05) is 27.2 Å². The highest BCUT2D eigenvalue weighted by Crippen LogP contribution is 1.91. The van der Waals surface area contributed by atoms with Gasteiger partial charge in [0.15, 0.2) is 0 Å². The molecule has 0 bridgehead atoms. The van der Waals surface area contributed by atoms with E-state index in [-0.39, 0.29) is 12.3 Å². The summed E-state index contributed by atoms with van der Waals surface area (Å²) in [6.45, 7) is 7.87. The number of hydrogen-bond donors (Lipinski definition) is 2. The lowest BCUT2D eigenvalue weighted by Gasteiger charge is -1.95. The second-order valence-electron chi connectivity index (χ2n) is 1.64. The van der Waals surface area contributed by atoms with Gasteiger partial charge >= 0.3 is 0 Å². The van der Waals surface area contributed by atoms with Gasteiger partial charge in [0, 0.05) is 0 Å². The molecule has 0 aliphatic rings. The second kappa shape index (κ2) is 15.7. The lowest BCUT2D eigenvalue weighted by atomic mass is 10.2. The van der Waals surface area contributed by atoms with E-state index < -0.39 is 0 Å². The molecule has 0 aromatic heterocycles. The average Bonchev–Trinajstić information content (AvgIpc) is 1.72. The fourth-order valence-electron chi connectivity index (χ4n) is 0.418. The molecule has 9 heavy (non-hydrogen) atoms. The van der Waals surface area contributed by atoms with Gasteiger partial charge in [-0.05, 0) is 13.3 Å². The van der Waals surface area contributed by atoms with E-state index >= 15 is 0 Å². The van der Waals surface area contributed by atoms with Crippen molar-refractivity contribution in [1.29, 1.82) is 0 Å². The Morgan fingerprint density at radius 1 is 1.33 bits per heavy atom. The quantitative estimate of drug-likeness (QED) is 0.610. The summed E-state index contributed by atoms with van der Waals surface area (Å²) in [5.74, 6) is 0. The van der Waals surface area contributed by atoms with Gasteiger partial charge in [0.25, 0.3) is 0 Å². The Hall–Kier alpha value is -0.0800. The van der Waals surface area contributed by atoms with Crippen LogP contribution in [0.5, 0.6) is 0 Å². The first-order valence-corrected chi connectivity index (χ1v) is 3.45. The molecule has 0 aliphatic carbocycles. The van der Waals surface area contributed by atoms with Crippen LogP contribution < -0.4 is 6.15 Å². The molecule has 0 rings (SSSR count). The minimum atomic E-state index is -0.102. The van der Waals surface area contributed by atoms with Gasteiger partial charge < -0.3 is 11.3 Å². The Bertz CT molecular complexity index is 30.1. The van der Waals surface area contributed by atoms with E-state index in [2.05, 4.69) is 6.92 Å². The van der Waals surface area contributed by atoms with Crippen LogP contribution in [0, 0.1) is 0 Å². The normalized spacial score (nSPS) is 10.3. The van der Waals surface area contributed by atoms with Crippen molar-refractivity contribution in [3.63, 3.8) is 0 Å². The second-order valence-corrected chi connectivity index (χ2v) is 1.64. The van der Waals surface area contributed by atoms with Crippen LogP contribution in [0.4, 0.5) is 0 Å². The van der Waals surface area contributed by atoms with Gasteiger partial charge in [0.05, 0.1) is 6.10 Å². The fraction of sp³-hybridized carbons (Fsp3) is 1.00. The zero-order chi connectivity index (χ0) is 6.99. The average molecular weight is 135 g/mol. The first-order chi connectivity index (χ1) is 3.77. The summed E-state index contributed by atoms with van der Waals surface area (Å²) < 4.78 is 0. The SMILES string of the molecule is CC.CCCC(C)O.N. The zero-order valence-electron chi connectivity index (χ0n) is 7.15. The van der Waals surface area contributed by atoms with E-state index in [0.717, 1.165) is 12.8 Å². The molecule has 1 unspecified atom stereocenters. The minimum absolute atomic E-state index is 0. The summed E-state index contributed by atoms with van der Waals surface area (Å²) in [5.41, 5.74) is 0. The molecule has 0 saturated carbocycles. The van der Waals surface area contributed by atoms with Crippen molar-refractivity contribution in [2.24, 2.45) is 0 Å². The predicted molar refractivity (Wildman–Crippen MR) is 43.0 cm³/mol. The van der Waals surface area contributed by atoms with Crippen molar-refractivity contribution < 1.29 is 5.11 Å². The molecule has 0 aromatic carbocycles. The zero-order valence-corrected chi connectivity index (χ0v) is 7.15. The number of hydrogen-bond acceptors (Lipinski definition) is 2. The maximum Gasteiger partial charge on any atom is 0.0512 e. The Morgan fingerprint density at radius 3 is 1.67 bits per heavy atom. The van der Waals surface area contributed by atoms with Gasteiger partial charge in [-0.15, -0.1) is 0 Å². The van der Waals surface area contributed by atoms with Crippen LogP contribution in [-0.2, 0) is 0 Å². The molecule has 0 fully saturated rings. The van der Waals surface area contributed by atoms with E-state index in [1.54, 1.807) is 0 Å². The summed E-state index contributed by atoms with van der Waals surface area (Å²) in [6, 6.07) is 0. The van der Waals surface area contributed by atoms with Gasteiger partial charge in [-0.3, -0.25) is 0 Å². The standard InChI is InChI=1S/C5H12O.C2H6.H3N/c1-3-4-5(2)6;1-2;/h5-6H,3-4H2,1-2H3;1-2H3;1H3. The van der Waals surface area contributed by atoms with Crippen LogP contribution in [0.1, 0.15) is 40.5 Å². The fourth-order valence-corrected chi connectivity index (χ4v) is 0.418. The van der Waals surface area contributed by atoms with E-state index in [4.69, 9.17) is 5.11 Å². The van der Waals surface area contributed by atoms with Crippen LogP contribution in [0.15, 0.2) is 0 Å². The molecule has 2 nitrogen and oxygen atoms in total. The molecule has 0 spiro atoms. The molecular weight excluding hydrogens is 114 g/mol. The maximum absolute atomic E-state index is 8.55. The van der Waals surface area contributed by atoms with Crippen molar-refractivity contribution >= 4 is 0 Å². The first kappa shape index (κ1) is 16.0. The molecule has 2 heteroatoms. The molecule has 0 heterocycles. The largest absolute Gasteiger partial charge is 0.393 e. The highest BCUT2D eigenvalue weighted by atomic mass is 16.3. The van der Waals surface area contributed by atoms with Crippen molar-refractivity contribution in [3.05, 3.63) is 0 Å². The Kier molecular flexibility index (Phi) is 27.8. The summed E-state index contributed by atoms with van der Waals surface area (Å²) in [4.78, 5) is 0. The topological polar surface area (TPSA) is 55.2 Å². The van der Waals surface area contributed by atoms with Gasteiger partial charge in [0.2, 0.25) is 0 Å². The van der Waals surface area contributed by atoms with E-state index in [1.165, 1.54) is 0 Å². The Balaban J connectivity index is -0.000000109. The monoisotopic (exact) mass is 135 g/mol. The summed E-state index contributed by atoms with van der Waals surface area (Å²) in [5, 5.41) is 8.55.